The van der Waals surface area contributed by atoms with Gasteiger partial charge in [-0.1, -0.05) is 26.8 Å². The highest BCUT2D eigenvalue weighted by Crippen LogP contribution is 2.44. The van der Waals surface area contributed by atoms with E-state index in [1.165, 1.54) is 0 Å². The van der Waals surface area contributed by atoms with Crippen molar-refractivity contribution in [3.05, 3.63) is 30.1 Å². The van der Waals surface area contributed by atoms with E-state index in [1.807, 2.05) is 26.8 Å². The van der Waals surface area contributed by atoms with Gasteiger partial charge in [0.2, 0.25) is 0 Å². The van der Waals surface area contributed by atoms with Gasteiger partial charge < -0.3 is 10.2 Å². The average molecular weight is 304 g/mol. The molecule has 22 heavy (non-hydrogen) atoms. The molecule has 1 aliphatic heterocycles. The number of hydrogen-bond donors (Lipinski definition) is 1. The molecule has 0 radical (unpaired) electrons. The van der Waals surface area contributed by atoms with E-state index in [0.29, 0.717) is 5.56 Å². The fourth-order valence-corrected chi connectivity index (χ4v) is 3.29. The lowest BCUT2D eigenvalue weighted by atomic mass is 9.88. The van der Waals surface area contributed by atoms with Crippen molar-refractivity contribution in [1.82, 2.24) is 20.1 Å². The highest BCUT2D eigenvalue weighted by atomic mass is 16.2. The lowest BCUT2D eigenvalue weighted by molar-refractivity contribution is -0.133. The van der Waals surface area contributed by atoms with Gasteiger partial charge in [0, 0.05) is 37.5 Å². The van der Waals surface area contributed by atoms with Crippen molar-refractivity contribution in [1.29, 1.82) is 0 Å². The Hall–Kier alpha value is -2.11. The van der Waals surface area contributed by atoms with E-state index in [1.54, 1.807) is 49.3 Å². The first-order valence-corrected chi connectivity index (χ1v) is 7.34. The first kappa shape index (κ1) is 16.3. The van der Waals surface area contributed by atoms with Crippen LogP contribution in [0, 0.1) is 5.41 Å². The topological polar surface area (TPSA) is 65.5 Å². The third kappa shape index (κ3) is 2.23. The third-order valence-electron chi connectivity index (χ3n) is 4.26. The van der Waals surface area contributed by atoms with Crippen LogP contribution in [0.25, 0.3) is 0 Å². The van der Waals surface area contributed by atoms with Gasteiger partial charge in [-0.15, -0.1) is 0 Å². The van der Waals surface area contributed by atoms with Crippen LogP contribution in [0.2, 0.25) is 0 Å². The number of amides is 3. The van der Waals surface area contributed by atoms with Crippen molar-refractivity contribution in [2.24, 2.45) is 5.41 Å². The molecule has 2 rings (SSSR count). The monoisotopic (exact) mass is 304 g/mol. The molecule has 120 valence electrons. The van der Waals surface area contributed by atoms with Gasteiger partial charge in [-0.05, 0) is 13.0 Å². The Kier molecular flexibility index (Phi) is 3.89. The summed E-state index contributed by atoms with van der Waals surface area (Å²) in [6.45, 7) is 7.84. The Balaban J connectivity index is 2.66. The van der Waals surface area contributed by atoms with Gasteiger partial charge in [-0.2, -0.15) is 0 Å². The zero-order chi connectivity index (χ0) is 16.7. The molecule has 2 unspecified atom stereocenters. The highest BCUT2D eigenvalue weighted by molar-refractivity contribution is 5.95. The molecule has 1 aromatic rings. The van der Waals surface area contributed by atoms with Crippen LogP contribution in [0.1, 0.15) is 33.3 Å². The Morgan fingerprint density at radius 1 is 1.41 bits per heavy atom. The van der Waals surface area contributed by atoms with Gasteiger partial charge in [0.05, 0.1) is 0 Å². The predicted molar refractivity (Wildman–Crippen MR) is 83.9 cm³/mol. The number of carbonyl (C=O) groups excluding carboxylic acids is 2. The summed E-state index contributed by atoms with van der Waals surface area (Å²) < 4.78 is 0. The van der Waals surface area contributed by atoms with Crippen molar-refractivity contribution in [2.45, 2.75) is 39.4 Å². The van der Waals surface area contributed by atoms with Crippen molar-refractivity contribution >= 4 is 11.9 Å². The van der Waals surface area contributed by atoms with Crippen molar-refractivity contribution in [2.75, 3.05) is 14.1 Å². The van der Waals surface area contributed by atoms with Gasteiger partial charge in [-0.3, -0.25) is 14.7 Å². The summed E-state index contributed by atoms with van der Waals surface area (Å²) in [6, 6.07) is 3.34. The van der Waals surface area contributed by atoms with Crippen LogP contribution in [0.3, 0.4) is 0 Å². The number of carbonyl (C=O) groups is 2. The van der Waals surface area contributed by atoms with Gasteiger partial charge >= 0.3 is 6.03 Å². The van der Waals surface area contributed by atoms with Crippen LogP contribution in [0.5, 0.6) is 0 Å². The summed E-state index contributed by atoms with van der Waals surface area (Å²) in [4.78, 5) is 33.0. The van der Waals surface area contributed by atoms with Crippen LogP contribution in [-0.2, 0) is 10.3 Å². The minimum Gasteiger partial charge on any atom is -0.341 e. The number of likely N-dealkylation sites (N-methyl/N-ethyl adjacent to an activating group) is 1. The average Bonchev–Trinajstić information content (AvgIpc) is 2.69. The van der Waals surface area contributed by atoms with E-state index in [0.717, 1.165) is 0 Å². The summed E-state index contributed by atoms with van der Waals surface area (Å²) in [5.41, 5.74) is -0.639. The number of nitrogens with one attached hydrogen (secondary N) is 1. The molecule has 6 nitrogen and oxygen atoms in total. The Morgan fingerprint density at radius 2 is 2.05 bits per heavy atom. The van der Waals surface area contributed by atoms with E-state index in [2.05, 4.69) is 10.3 Å². The SMILES string of the molecule is CNC(=O)N1C(C(C)(C)C)N(C)C(=O)C1(C)c1cccnc1. The Morgan fingerprint density at radius 3 is 2.50 bits per heavy atom. The highest BCUT2D eigenvalue weighted by Gasteiger charge is 2.59. The first-order valence-electron chi connectivity index (χ1n) is 7.34. The summed E-state index contributed by atoms with van der Waals surface area (Å²) in [7, 11) is 3.32. The van der Waals surface area contributed by atoms with Gasteiger partial charge in [0.1, 0.15) is 11.7 Å². The maximum atomic E-state index is 13.0. The number of hydrogen-bond acceptors (Lipinski definition) is 3. The van der Waals surface area contributed by atoms with Gasteiger partial charge in [0.25, 0.3) is 5.91 Å². The molecule has 0 saturated carbocycles. The molecule has 3 amide bonds. The molecule has 1 N–H and O–H groups in total. The Bertz CT molecular complexity index is 582. The van der Waals surface area contributed by atoms with E-state index in [4.69, 9.17) is 0 Å². The maximum absolute atomic E-state index is 13.0. The molecule has 0 bridgehead atoms. The van der Waals surface area contributed by atoms with E-state index < -0.39 is 5.54 Å². The number of rotatable bonds is 1. The van der Waals surface area contributed by atoms with Crippen molar-refractivity contribution in [3.63, 3.8) is 0 Å². The second kappa shape index (κ2) is 5.26. The quantitative estimate of drug-likeness (QED) is 0.860. The molecule has 0 aromatic carbocycles. The number of pyridine rings is 1. The second-order valence-corrected chi connectivity index (χ2v) is 6.89. The number of nitrogens with zero attached hydrogens (tertiary/aromatic N) is 3. The van der Waals surface area contributed by atoms with E-state index in [-0.39, 0.29) is 23.5 Å². The standard InChI is InChI=1S/C16H24N4O2/c1-15(2,3)12-19(6)13(21)16(4,20(12)14(22)17-5)11-8-7-9-18-10-11/h7-10,12H,1-6H3,(H,17,22). The summed E-state index contributed by atoms with van der Waals surface area (Å²) in [5.74, 6) is -0.107. The molecular weight excluding hydrogens is 280 g/mol. The van der Waals surface area contributed by atoms with Crippen LogP contribution in [0.15, 0.2) is 24.5 Å². The number of urea groups is 1. The van der Waals surface area contributed by atoms with E-state index >= 15 is 0 Å². The lowest BCUT2D eigenvalue weighted by Crippen LogP contribution is -2.56. The zero-order valence-corrected chi connectivity index (χ0v) is 14.0. The maximum Gasteiger partial charge on any atom is 0.319 e. The molecule has 1 saturated heterocycles. The molecule has 6 heteroatoms. The third-order valence-corrected chi connectivity index (χ3v) is 4.26. The minimum atomic E-state index is -1.07. The van der Waals surface area contributed by atoms with Gasteiger partial charge in [0.15, 0.2) is 0 Å². The zero-order valence-electron chi connectivity index (χ0n) is 14.0. The van der Waals surface area contributed by atoms with Gasteiger partial charge in [-0.25, -0.2) is 4.79 Å². The summed E-state index contributed by atoms with van der Waals surface area (Å²) in [6.07, 6.45) is 2.96. The van der Waals surface area contributed by atoms with E-state index in [9.17, 15) is 9.59 Å². The van der Waals surface area contributed by atoms with Crippen molar-refractivity contribution < 1.29 is 9.59 Å². The first-order chi connectivity index (χ1) is 10.2. The smallest absolute Gasteiger partial charge is 0.319 e. The molecule has 1 aromatic heterocycles. The normalized spacial score (nSPS) is 25.5. The largest absolute Gasteiger partial charge is 0.341 e. The van der Waals surface area contributed by atoms with Crippen LogP contribution in [0.4, 0.5) is 4.79 Å². The molecular formula is C16H24N4O2. The molecule has 1 fully saturated rings. The minimum absolute atomic E-state index is 0.107. The fourth-order valence-electron chi connectivity index (χ4n) is 3.29. The number of aromatic nitrogens is 1. The van der Waals surface area contributed by atoms with Crippen LogP contribution < -0.4 is 5.32 Å². The Labute approximate surface area is 131 Å². The summed E-state index contributed by atoms with van der Waals surface area (Å²) >= 11 is 0. The van der Waals surface area contributed by atoms with Crippen LogP contribution >= 0.6 is 0 Å². The van der Waals surface area contributed by atoms with Crippen LogP contribution in [-0.4, -0.2) is 47.0 Å². The predicted octanol–water partition coefficient (Wildman–Crippen LogP) is 1.78. The molecule has 0 spiro atoms. The van der Waals surface area contributed by atoms with Crippen molar-refractivity contribution in [3.8, 4) is 0 Å². The fraction of sp³-hybridized carbons (Fsp3) is 0.562. The molecule has 0 aliphatic carbocycles. The lowest BCUT2D eigenvalue weighted by Gasteiger charge is -2.41. The molecule has 1 aliphatic rings. The molecule has 2 heterocycles. The molecule has 2 atom stereocenters. The second-order valence-electron chi connectivity index (χ2n) is 6.89. The summed E-state index contributed by atoms with van der Waals surface area (Å²) in [5, 5.41) is 2.66.